The van der Waals surface area contributed by atoms with Crippen molar-refractivity contribution < 1.29 is 0 Å². The Morgan fingerprint density at radius 2 is 2.06 bits per heavy atom. The van der Waals surface area contributed by atoms with Crippen molar-refractivity contribution in [2.45, 2.75) is 19.5 Å². The Kier molecular flexibility index (Phi) is 4.79. The minimum absolute atomic E-state index is 0.337. The number of benzene rings is 1. The van der Waals surface area contributed by atoms with E-state index in [1.165, 1.54) is 14.9 Å². The van der Waals surface area contributed by atoms with Gasteiger partial charge in [-0.1, -0.05) is 34.1 Å². The molecule has 0 aliphatic carbocycles. The number of thiophene rings is 1. The summed E-state index contributed by atoms with van der Waals surface area (Å²) in [6, 6.07) is 10.8. The highest BCUT2D eigenvalue weighted by Crippen LogP contribution is 2.24. The molecule has 0 saturated carbocycles. The smallest absolute Gasteiger partial charge is 0.0701 e. The van der Waals surface area contributed by atoms with Crippen LogP contribution in [0.5, 0.6) is 0 Å². The number of nitrogens with one attached hydrogen (secondary N) is 1. The average Bonchev–Trinajstić information content (AvgIpc) is 2.73. The van der Waals surface area contributed by atoms with Gasteiger partial charge in [0.2, 0.25) is 0 Å². The fourth-order valence-electron chi connectivity index (χ4n) is 1.65. The summed E-state index contributed by atoms with van der Waals surface area (Å²) >= 11 is 8.78. The Morgan fingerprint density at radius 3 is 2.71 bits per heavy atom. The van der Waals surface area contributed by atoms with Gasteiger partial charge in [0.05, 0.1) is 3.79 Å². The number of halogens is 2. The first-order chi connectivity index (χ1) is 8.16. The highest BCUT2D eigenvalue weighted by Gasteiger charge is 2.08. The molecule has 2 aromatic rings. The van der Waals surface area contributed by atoms with Crippen LogP contribution in [0.15, 0.2) is 44.0 Å². The van der Waals surface area contributed by atoms with Crippen molar-refractivity contribution >= 4 is 43.2 Å². The molecule has 0 unspecified atom stereocenters. The topological polar surface area (TPSA) is 12.0 Å². The van der Waals surface area contributed by atoms with Crippen LogP contribution in [0.25, 0.3) is 0 Å². The molecular formula is C13H13Br2NS. The first-order valence-electron chi connectivity index (χ1n) is 5.37. The molecule has 0 aliphatic heterocycles. The number of rotatable bonds is 4. The Labute approximate surface area is 123 Å². The lowest BCUT2D eigenvalue weighted by Gasteiger charge is -2.15. The summed E-state index contributed by atoms with van der Waals surface area (Å²) in [4.78, 5) is 0. The lowest BCUT2D eigenvalue weighted by molar-refractivity contribution is 0.573. The van der Waals surface area contributed by atoms with Crippen LogP contribution in [-0.4, -0.2) is 0 Å². The van der Waals surface area contributed by atoms with Gasteiger partial charge in [-0.05, 0) is 51.5 Å². The first-order valence-corrected chi connectivity index (χ1v) is 7.84. The van der Waals surface area contributed by atoms with Crippen molar-refractivity contribution in [2.75, 3.05) is 0 Å². The predicted octanol–water partition coefficient (Wildman–Crippen LogP) is 5.12. The minimum Gasteiger partial charge on any atom is -0.306 e. The molecule has 2 rings (SSSR count). The van der Waals surface area contributed by atoms with Gasteiger partial charge in [-0.3, -0.25) is 0 Å². The third-order valence-electron chi connectivity index (χ3n) is 2.61. The lowest BCUT2D eigenvalue weighted by Crippen LogP contribution is -2.18. The van der Waals surface area contributed by atoms with Crippen LogP contribution in [0.1, 0.15) is 24.1 Å². The molecule has 0 fully saturated rings. The highest BCUT2D eigenvalue weighted by atomic mass is 79.9. The van der Waals surface area contributed by atoms with E-state index in [-0.39, 0.29) is 0 Å². The molecule has 17 heavy (non-hydrogen) atoms. The van der Waals surface area contributed by atoms with E-state index in [9.17, 15) is 0 Å². The van der Waals surface area contributed by atoms with Gasteiger partial charge in [0.1, 0.15) is 0 Å². The maximum atomic E-state index is 3.58. The monoisotopic (exact) mass is 373 g/mol. The summed E-state index contributed by atoms with van der Waals surface area (Å²) < 4.78 is 2.34. The van der Waals surface area contributed by atoms with Crippen LogP contribution in [0, 0.1) is 0 Å². The van der Waals surface area contributed by atoms with E-state index in [1.807, 2.05) is 6.07 Å². The molecule has 0 aliphatic rings. The molecule has 0 amide bonds. The first kappa shape index (κ1) is 13.3. The fourth-order valence-corrected chi connectivity index (χ4v) is 3.48. The fraction of sp³-hybridized carbons (Fsp3) is 0.231. The highest BCUT2D eigenvalue weighted by molar-refractivity contribution is 9.11. The van der Waals surface area contributed by atoms with Crippen LogP contribution < -0.4 is 5.32 Å². The van der Waals surface area contributed by atoms with Gasteiger partial charge < -0.3 is 5.32 Å². The molecule has 1 nitrogen and oxygen atoms in total. The average molecular weight is 375 g/mol. The van der Waals surface area contributed by atoms with Crippen molar-refractivity contribution in [3.63, 3.8) is 0 Å². The van der Waals surface area contributed by atoms with E-state index in [1.54, 1.807) is 11.3 Å². The van der Waals surface area contributed by atoms with E-state index < -0.39 is 0 Å². The van der Waals surface area contributed by atoms with E-state index in [4.69, 9.17) is 0 Å². The van der Waals surface area contributed by atoms with Gasteiger partial charge in [-0.25, -0.2) is 0 Å². The van der Waals surface area contributed by atoms with Crippen molar-refractivity contribution in [1.82, 2.24) is 5.32 Å². The minimum atomic E-state index is 0.337. The zero-order valence-corrected chi connectivity index (χ0v) is 13.4. The Balaban J connectivity index is 1.98. The second-order valence-corrected chi connectivity index (χ2v) is 7.03. The zero-order chi connectivity index (χ0) is 12.3. The molecule has 4 heteroatoms. The summed E-state index contributed by atoms with van der Waals surface area (Å²) in [5.74, 6) is 0. The summed E-state index contributed by atoms with van der Waals surface area (Å²) in [7, 11) is 0. The molecule has 0 radical (unpaired) electrons. The predicted molar refractivity (Wildman–Crippen MR) is 81.4 cm³/mol. The normalized spacial score (nSPS) is 12.6. The largest absolute Gasteiger partial charge is 0.306 e. The molecular weight excluding hydrogens is 362 g/mol. The standard InChI is InChI=1S/C13H13Br2NS/c1-9(11-4-2-3-5-12(11)14)16-7-10-6-13(15)17-8-10/h2-6,8-9,16H,7H2,1H3/t9-/m0/s1. The van der Waals surface area contributed by atoms with Gasteiger partial charge >= 0.3 is 0 Å². The molecule has 0 saturated heterocycles. The molecule has 1 N–H and O–H groups in total. The van der Waals surface area contributed by atoms with Gasteiger partial charge in [0.15, 0.2) is 0 Å². The molecule has 0 spiro atoms. The van der Waals surface area contributed by atoms with Gasteiger partial charge in [-0.15, -0.1) is 11.3 Å². The van der Waals surface area contributed by atoms with Gasteiger partial charge in [-0.2, -0.15) is 0 Å². The molecule has 1 aromatic carbocycles. The number of hydrogen-bond donors (Lipinski definition) is 1. The third-order valence-corrected chi connectivity index (χ3v) is 4.88. The molecule has 1 aromatic heterocycles. The van der Waals surface area contributed by atoms with Crippen molar-refractivity contribution in [3.8, 4) is 0 Å². The maximum Gasteiger partial charge on any atom is 0.0701 e. The zero-order valence-electron chi connectivity index (χ0n) is 9.41. The van der Waals surface area contributed by atoms with E-state index in [2.05, 4.69) is 73.7 Å². The van der Waals surface area contributed by atoms with Crippen LogP contribution >= 0.6 is 43.2 Å². The third kappa shape index (κ3) is 3.65. The summed E-state index contributed by atoms with van der Waals surface area (Å²) in [5.41, 5.74) is 2.61. The molecule has 0 bridgehead atoms. The van der Waals surface area contributed by atoms with Crippen molar-refractivity contribution in [3.05, 3.63) is 55.1 Å². The van der Waals surface area contributed by atoms with E-state index >= 15 is 0 Å². The number of hydrogen-bond acceptors (Lipinski definition) is 2. The quantitative estimate of drug-likeness (QED) is 0.782. The maximum absolute atomic E-state index is 3.58. The molecule has 1 atom stereocenters. The van der Waals surface area contributed by atoms with E-state index in [0.29, 0.717) is 6.04 Å². The second-order valence-electron chi connectivity index (χ2n) is 3.88. The van der Waals surface area contributed by atoms with Crippen molar-refractivity contribution in [1.29, 1.82) is 0 Å². The Hall–Kier alpha value is -0.160. The molecule has 90 valence electrons. The van der Waals surface area contributed by atoms with Crippen LogP contribution in [0.3, 0.4) is 0 Å². The van der Waals surface area contributed by atoms with Crippen LogP contribution in [-0.2, 0) is 6.54 Å². The second kappa shape index (κ2) is 6.14. The summed E-state index contributed by atoms with van der Waals surface area (Å²) in [6.07, 6.45) is 0. The summed E-state index contributed by atoms with van der Waals surface area (Å²) in [5, 5.41) is 5.70. The molecule has 1 heterocycles. The SMILES string of the molecule is C[C@H](NCc1csc(Br)c1)c1ccccc1Br. The summed E-state index contributed by atoms with van der Waals surface area (Å²) in [6.45, 7) is 3.08. The lowest BCUT2D eigenvalue weighted by atomic mass is 10.1. The van der Waals surface area contributed by atoms with Crippen LogP contribution in [0.2, 0.25) is 0 Å². The van der Waals surface area contributed by atoms with Gasteiger partial charge in [0.25, 0.3) is 0 Å². The van der Waals surface area contributed by atoms with E-state index in [0.717, 1.165) is 11.0 Å². The Morgan fingerprint density at radius 1 is 1.29 bits per heavy atom. The van der Waals surface area contributed by atoms with Crippen LogP contribution in [0.4, 0.5) is 0 Å². The Bertz CT molecular complexity index is 496. The van der Waals surface area contributed by atoms with Gasteiger partial charge in [0, 0.05) is 17.1 Å². The van der Waals surface area contributed by atoms with Crippen molar-refractivity contribution in [2.24, 2.45) is 0 Å².